The summed E-state index contributed by atoms with van der Waals surface area (Å²) >= 11 is 0. The van der Waals surface area contributed by atoms with Crippen LogP contribution < -0.4 is 5.23 Å². The first-order chi connectivity index (χ1) is 9.45. The van der Waals surface area contributed by atoms with Crippen LogP contribution in [0.4, 0.5) is 0 Å². The molecule has 2 aliphatic carbocycles. The number of fused-ring (bicyclic) bond motifs is 1. The zero-order valence-electron chi connectivity index (χ0n) is 12.3. The molecule has 3 rings (SSSR count). The van der Waals surface area contributed by atoms with Crippen molar-refractivity contribution in [2.24, 2.45) is 5.92 Å². The van der Waals surface area contributed by atoms with E-state index in [0.29, 0.717) is 12.8 Å². The van der Waals surface area contributed by atoms with Crippen LogP contribution in [0.2, 0.25) is 0 Å². The van der Waals surface area contributed by atoms with Gasteiger partial charge < -0.3 is 24.5 Å². The Bertz CT molecular complexity index is 393. The molecule has 1 saturated carbocycles. The van der Waals surface area contributed by atoms with Gasteiger partial charge in [-0.25, -0.2) is 0 Å². The van der Waals surface area contributed by atoms with Gasteiger partial charge in [0.05, 0.1) is 11.7 Å². The highest BCUT2D eigenvalue weighted by Gasteiger charge is 2.59. The molecule has 2 fully saturated rings. The molecule has 1 saturated heterocycles. The highest BCUT2D eigenvalue weighted by atomic mass is 16.8. The second kappa shape index (κ2) is 5.11. The zero-order chi connectivity index (χ0) is 14.4. The van der Waals surface area contributed by atoms with Crippen LogP contribution in [0, 0.1) is 5.92 Å². The summed E-state index contributed by atoms with van der Waals surface area (Å²) in [6, 6.07) is 0.108. The van der Waals surface area contributed by atoms with Crippen LogP contribution in [0.15, 0.2) is 12.2 Å². The first-order valence-corrected chi connectivity index (χ1v) is 7.29. The van der Waals surface area contributed by atoms with E-state index in [0.717, 1.165) is 6.42 Å². The first-order valence-electron chi connectivity index (χ1n) is 7.29. The molecule has 0 aromatic carbocycles. The lowest BCUT2D eigenvalue weighted by Gasteiger charge is -2.33. The third-order valence-corrected chi connectivity index (χ3v) is 4.66. The van der Waals surface area contributed by atoms with Crippen LogP contribution in [-0.4, -0.2) is 49.5 Å². The van der Waals surface area contributed by atoms with Gasteiger partial charge in [-0.1, -0.05) is 12.2 Å². The fourth-order valence-corrected chi connectivity index (χ4v) is 3.79. The molecule has 1 aliphatic heterocycles. The fourth-order valence-electron chi connectivity index (χ4n) is 3.79. The van der Waals surface area contributed by atoms with Crippen molar-refractivity contribution < 1.29 is 19.2 Å². The molecule has 1 radical (unpaired) electrons. The van der Waals surface area contributed by atoms with E-state index in [1.54, 1.807) is 14.7 Å². The van der Waals surface area contributed by atoms with Gasteiger partial charge in [0, 0.05) is 19.1 Å². The highest BCUT2D eigenvalue weighted by molar-refractivity contribution is 6.23. The fraction of sp³-hybridized carbons (Fsp3) is 0.857. The van der Waals surface area contributed by atoms with Gasteiger partial charge in [-0.3, -0.25) is 0 Å². The first kappa shape index (κ1) is 14.5. The average molecular weight is 280 g/mol. The standard InChI is InChI=1S/C14H23BNO4/c1-13(2)19-11-9(14(17)6-4-5-7-14)8-10(12(11)20-13)16-15-18-3/h4-5,9-12,16-17H,6-8H2,1-3H3/t9-,10+,11+,12-/m0/s1. The summed E-state index contributed by atoms with van der Waals surface area (Å²) in [5.74, 6) is -0.518. The maximum Gasteiger partial charge on any atom is 0.395 e. The summed E-state index contributed by atoms with van der Waals surface area (Å²) in [5, 5.41) is 14.1. The Morgan fingerprint density at radius 1 is 1.25 bits per heavy atom. The van der Waals surface area contributed by atoms with Gasteiger partial charge in [-0.2, -0.15) is 0 Å². The quantitative estimate of drug-likeness (QED) is 0.588. The predicted molar refractivity (Wildman–Crippen MR) is 74.9 cm³/mol. The van der Waals surface area contributed by atoms with Crippen LogP contribution in [-0.2, 0) is 14.1 Å². The van der Waals surface area contributed by atoms with E-state index in [9.17, 15) is 5.11 Å². The van der Waals surface area contributed by atoms with Gasteiger partial charge >= 0.3 is 7.62 Å². The number of hydrogen-bond acceptors (Lipinski definition) is 5. The third-order valence-electron chi connectivity index (χ3n) is 4.66. The van der Waals surface area contributed by atoms with Crippen LogP contribution in [0.1, 0.15) is 33.1 Å². The number of nitrogens with one attached hydrogen (secondary N) is 1. The van der Waals surface area contributed by atoms with Crippen LogP contribution >= 0.6 is 0 Å². The maximum absolute atomic E-state index is 10.9. The van der Waals surface area contributed by atoms with Crippen molar-refractivity contribution >= 4 is 7.62 Å². The van der Waals surface area contributed by atoms with Gasteiger partial charge in [-0.15, -0.1) is 0 Å². The predicted octanol–water partition coefficient (Wildman–Crippen LogP) is 0.746. The molecule has 3 aliphatic rings. The van der Waals surface area contributed by atoms with Gasteiger partial charge in [0.1, 0.15) is 6.10 Å². The smallest absolute Gasteiger partial charge is 0.395 e. The molecular weight excluding hydrogens is 257 g/mol. The van der Waals surface area contributed by atoms with Crippen molar-refractivity contribution in [2.75, 3.05) is 7.11 Å². The normalized spacial score (nSPS) is 41.0. The Balaban J connectivity index is 1.78. The molecule has 0 unspecified atom stereocenters. The molecular formula is C14H23BNO4. The molecule has 20 heavy (non-hydrogen) atoms. The van der Waals surface area contributed by atoms with Crippen LogP contribution in [0.25, 0.3) is 0 Å². The van der Waals surface area contributed by atoms with Gasteiger partial charge in [0.25, 0.3) is 0 Å². The molecule has 111 valence electrons. The molecule has 0 aromatic heterocycles. The molecule has 0 aromatic rings. The summed E-state index contributed by atoms with van der Waals surface area (Å²) in [4.78, 5) is 0. The van der Waals surface area contributed by atoms with E-state index in [4.69, 9.17) is 14.1 Å². The summed E-state index contributed by atoms with van der Waals surface area (Å²) in [6.07, 6.45) is 6.21. The average Bonchev–Trinajstić information content (AvgIpc) is 3.01. The van der Waals surface area contributed by atoms with Crippen molar-refractivity contribution in [1.29, 1.82) is 0 Å². The maximum atomic E-state index is 10.9. The summed E-state index contributed by atoms with van der Waals surface area (Å²) in [5.41, 5.74) is -0.698. The Morgan fingerprint density at radius 3 is 2.55 bits per heavy atom. The van der Waals surface area contributed by atoms with Gasteiger partial charge in [0.15, 0.2) is 5.79 Å². The van der Waals surface area contributed by atoms with E-state index in [-0.39, 0.29) is 24.2 Å². The van der Waals surface area contributed by atoms with Crippen molar-refractivity contribution in [3.63, 3.8) is 0 Å². The summed E-state index contributed by atoms with van der Waals surface area (Å²) in [6.45, 7) is 3.85. The minimum atomic E-state index is -0.698. The molecule has 0 amide bonds. The Hall–Kier alpha value is -0.395. The molecule has 6 heteroatoms. The van der Waals surface area contributed by atoms with E-state index >= 15 is 0 Å². The van der Waals surface area contributed by atoms with Crippen LogP contribution in [0.5, 0.6) is 0 Å². The SMILES string of the molecule is CO[B]N[C@@H]1C[C@H](C2(O)CC=CC2)[C@H]2OC(C)(C)O[C@H]21. The molecule has 5 nitrogen and oxygen atoms in total. The summed E-state index contributed by atoms with van der Waals surface area (Å²) in [7, 11) is 3.19. The lowest BCUT2D eigenvalue weighted by molar-refractivity contribution is -0.169. The number of rotatable bonds is 4. The lowest BCUT2D eigenvalue weighted by Crippen LogP contribution is -2.42. The largest absolute Gasteiger partial charge is 0.427 e. The molecule has 0 spiro atoms. The lowest BCUT2D eigenvalue weighted by atomic mass is 9.82. The molecule has 1 heterocycles. The Kier molecular flexibility index (Phi) is 3.71. The topological polar surface area (TPSA) is 60.0 Å². The second-order valence-electron chi connectivity index (χ2n) is 6.52. The van der Waals surface area contributed by atoms with E-state index in [1.165, 1.54) is 0 Å². The number of aliphatic hydroxyl groups is 1. The van der Waals surface area contributed by atoms with E-state index in [2.05, 4.69) is 17.4 Å². The minimum absolute atomic E-state index is 0.0500. The van der Waals surface area contributed by atoms with Crippen molar-refractivity contribution in [2.45, 2.75) is 62.7 Å². The van der Waals surface area contributed by atoms with E-state index in [1.807, 2.05) is 13.8 Å². The van der Waals surface area contributed by atoms with Gasteiger partial charge in [0.2, 0.25) is 0 Å². The van der Waals surface area contributed by atoms with Crippen LogP contribution in [0.3, 0.4) is 0 Å². The number of hydrogen-bond donors (Lipinski definition) is 2. The molecule has 0 bridgehead atoms. The number of ether oxygens (including phenoxy) is 2. The Morgan fingerprint density at radius 2 is 1.90 bits per heavy atom. The minimum Gasteiger partial charge on any atom is -0.427 e. The van der Waals surface area contributed by atoms with Crippen molar-refractivity contribution in [3.8, 4) is 0 Å². The summed E-state index contributed by atoms with van der Waals surface area (Å²) < 4.78 is 17.1. The molecule has 4 atom stereocenters. The van der Waals surface area contributed by atoms with Crippen molar-refractivity contribution in [3.05, 3.63) is 12.2 Å². The zero-order valence-corrected chi connectivity index (χ0v) is 12.3. The second-order valence-corrected chi connectivity index (χ2v) is 6.52. The van der Waals surface area contributed by atoms with E-state index < -0.39 is 11.4 Å². The third kappa shape index (κ3) is 2.44. The van der Waals surface area contributed by atoms with Gasteiger partial charge in [-0.05, 0) is 33.1 Å². The monoisotopic (exact) mass is 280 g/mol. The molecule has 2 N–H and O–H groups in total. The Labute approximate surface area is 121 Å². The van der Waals surface area contributed by atoms with Crippen molar-refractivity contribution in [1.82, 2.24) is 5.23 Å². The highest BCUT2D eigenvalue weighted by Crippen LogP contribution is 2.48.